The van der Waals surface area contributed by atoms with Crippen LogP contribution in [0.15, 0.2) is 48.5 Å². The average Bonchev–Trinajstić information content (AvgIpc) is 3.08. The Hall–Kier alpha value is -3.02. The molecule has 0 aromatic heterocycles. The minimum atomic E-state index is -0.840. The second kappa shape index (κ2) is 9.00. The molecule has 0 radical (unpaired) electrons. The SMILES string of the molecule is Cc1ccc(CN(C(=O)C2CCCCC2)C2CC(=O)N(c3ccc(F)cc3)C2=O)cc1. The zero-order valence-electron chi connectivity index (χ0n) is 17.7. The van der Waals surface area contributed by atoms with Gasteiger partial charge in [-0.2, -0.15) is 0 Å². The minimum absolute atomic E-state index is 0.0487. The topological polar surface area (TPSA) is 57.7 Å². The molecule has 0 spiro atoms. The zero-order chi connectivity index (χ0) is 22.0. The molecule has 4 rings (SSSR count). The lowest BCUT2D eigenvalue weighted by Crippen LogP contribution is -2.47. The second-order valence-corrected chi connectivity index (χ2v) is 8.55. The van der Waals surface area contributed by atoms with E-state index in [1.54, 1.807) is 4.90 Å². The number of halogens is 1. The zero-order valence-corrected chi connectivity index (χ0v) is 17.7. The molecular formula is C25H27FN2O3. The van der Waals surface area contributed by atoms with Crippen molar-refractivity contribution in [3.8, 4) is 0 Å². The van der Waals surface area contributed by atoms with E-state index in [4.69, 9.17) is 0 Å². The fourth-order valence-corrected chi connectivity index (χ4v) is 4.54. The maximum absolute atomic E-state index is 13.5. The maximum Gasteiger partial charge on any atom is 0.257 e. The first kappa shape index (κ1) is 21.2. The quantitative estimate of drug-likeness (QED) is 0.672. The molecule has 162 valence electrons. The largest absolute Gasteiger partial charge is 0.326 e. The number of imide groups is 1. The lowest BCUT2D eigenvalue weighted by Gasteiger charge is -2.32. The molecule has 2 aliphatic rings. The Morgan fingerprint density at radius 3 is 2.29 bits per heavy atom. The first-order valence-corrected chi connectivity index (χ1v) is 10.9. The third kappa shape index (κ3) is 4.53. The summed E-state index contributed by atoms with van der Waals surface area (Å²) in [4.78, 5) is 42.2. The predicted octanol–water partition coefficient (Wildman–Crippen LogP) is 4.38. The van der Waals surface area contributed by atoms with Crippen LogP contribution in [-0.2, 0) is 20.9 Å². The molecule has 3 amide bonds. The van der Waals surface area contributed by atoms with E-state index >= 15 is 0 Å². The molecule has 2 aromatic carbocycles. The number of hydrogen-bond donors (Lipinski definition) is 0. The fourth-order valence-electron chi connectivity index (χ4n) is 4.54. The molecule has 0 bridgehead atoms. The van der Waals surface area contributed by atoms with Gasteiger partial charge in [-0.15, -0.1) is 0 Å². The van der Waals surface area contributed by atoms with Gasteiger partial charge in [0.15, 0.2) is 0 Å². The van der Waals surface area contributed by atoms with E-state index in [0.29, 0.717) is 5.69 Å². The lowest BCUT2D eigenvalue weighted by atomic mass is 9.87. The van der Waals surface area contributed by atoms with E-state index in [2.05, 4.69) is 0 Å². The highest BCUT2D eigenvalue weighted by molar-refractivity contribution is 6.23. The molecule has 1 saturated heterocycles. The second-order valence-electron chi connectivity index (χ2n) is 8.55. The molecular weight excluding hydrogens is 395 g/mol. The van der Waals surface area contributed by atoms with Crippen molar-refractivity contribution in [3.63, 3.8) is 0 Å². The van der Waals surface area contributed by atoms with Crippen molar-refractivity contribution < 1.29 is 18.8 Å². The van der Waals surface area contributed by atoms with E-state index in [-0.39, 0.29) is 30.7 Å². The molecule has 1 atom stereocenters. The van der Waals surface area contributed by atoms with Gasteiger partial charge in [-0.05, 0) is 49.6 Å². The molecule has 1 unspecified atom stereocenters. The molecule has 1 saturated carbocycles. The number of carbonyl (C=O) groups excluding carboxylic acids is 3. The summed E-state index contributed by atoms with van der Waals surface area (Å²) in [5.41, 5.74) is 2.37. The predicted molar refractivity (Wildman–Crippen MR) is 116 cm³/mol. The van der Waals surface area contributed by atoms with Crippen molar-refractivity contribution in [2.24, 2.45) is 5.92 Å². The minimum Gasteiger partial charge on any atom is -0.326 e. The summed E-state index contributed by atoms with van der Waals surface area (Å²) >= 11 is 0. The van der Waals surface area contributed by atoms with Gasteiger partial charge in [0.25, 0.3) is 5.91 Å². The maximum atomic E-state index is 13.5. The molecule has 31 heavy (non-hydrogen) atoms. The van der Waals surface area contributed by atoms with Crippen LogP contribution < -0.4 is 4.90 Å². The Bertz CT molecular complexity index is 965. The highest BCUT2D eigenvalue weighted by Gasteiger charge is 2.45. The van der Waals surface area contributed by atoms with Gasteiger partial charge < -0.3 is 4.90 Å². The summed E-state index contributed by atoms with van der Waals surface area (Å²) in [6, 6.07) is 12.3. The Balaban J connectivity index is 1.62. The van der Waals surface area contributed by atoms with Crippen LogP contribution in [0.5, 0.6) is 0 Å². The normalized spacial score (nSPS) is 19.7. The number of benzene rings is 2. The van der Waals surface area contributed by atoms with E-state index in [0.717, 1.165) is 48.1 Å². The number of hydrogen-bond acceptors (Lipinski definition) is 3. The van der Waals surface area contributed by atoms with Crippen LogP contribution in [0.4, 0.5) is 10.1 Å². The van der Waals surface area contributed by atoms with Crippen LogP contribution in [0.2, 0.25) is 0 Å². The third-order valence-electron chi connectivity index (χ3n) is 6.29. The molecule has 5 nitrogen and oxygen atoms in total. The van der Waals surface area contributed by atoms with Crippen molar-refractivity contribution in [1.29, 1.82) is 0 Å². The van der Waals surface area contributed by atoms with E-state index in [1.807, 2.05) is 31.2 Å². The molecule has 0 N–H and O–H groups in total. The van der Waals surface area contributed by atoms with Crippen LogP contribution in [0.25, 0.3) is 0 Å². The Kier molecular flexibility index (Phi) is 6.16. The molecule has 2 aromatic rings. The summed E-state index contributed by atoms with van der Waals surface area (Å²) in [5, 5.41) is 0. The van der Waals surface area contributed by atoms with Crippen molar-refractivity contribution >= 4 is 23.4 Å². The number of rotatable bonds is 5. The van der Waals surface area contributed by atoms with Crippen molar-refractivity contribution in [1.82, 2.24) is 4.90 Å². The van der Waals surface area contributed by atoms with Gasteiger partial charge in [0.2, 0.25) is 11.8 Å². The van der Waals surface area contributed by atoms with Gasteiger partial charge in [-0.1, -0.05) is 49.1 Å². The monoisotopic (exact) mass is 422 g/mol. The number of nitrogens with zero attached hydrogens (tertiary/aromatic N) is 2. The smallest absolute Gasteiger partial charge is 0.257 e. The third-order valence-corrected chi connectivity index (χ3v) is 6.29. The number of amides is 3. The summed E-state index contributed by atoms with van der Waals surface area (Å²) in [6.07, 6.45) is 4.73. The number of carbonyl (C=O) groups is 3. The van der Waals surface area contributed by atoms with Gasteiger partial charge in [0, 0.05) is 12.5 Å². The Labute approximate surface area is 181 Å². The first-order valence-electron chi connectivity index (χ1n) is 10.9. The van der Waals surface area contributed by atoms with Crippen LogP contribution in [0.1, 0.15) is 49.7 Å². The lowest BCUT2D eigenvalue weighted by molar-refractivity contribution is -0.143. The van der Waals surface area contributed by atoms with E-state index in [1.165, 1.54) is 24.3 Å². The summed E-state index contributed by atoms with van der Waals surface area (Å²) < 4.78 is 13.3. The highest BCUT2D eigenvalue weighted by atomic mass is 19.1. The number of aryl methyl sites for hydroxylation is 1. The average molecular weight is 423 g/mol. The number of anilines is 1. The van der Waals surface area contributed by atoms with Gasteiger partial charge in [0.05, 0.1) is 12.1 Å². The standard InChI is InChI=1S/C25H27FN2O3/c1-17-7-9-18(10-8-17)16-27(24(30)19-5-3-2-4-6-19)22-15-23(29)28(25(22)31)21-13-11-20(26)12-14-21/h7-14,19,22H,2-6,15-16H2,1H3. The Morgan fingerprint density at radius 1 is 1.00 bits per heavy atom. The van der Waals surface area contributed by atoms with Crippen molar-refractivity contribution in [3.05, 3.63) is 65.5 Å². The summed E-state index contributed by atoms with van der Waals surface area (Å²) in [5.74, 6) is -1.39. The van der Waals surface area contributed by atoms with Gasteiger partial charge in [0.1, 0.15) is 11.9 Å². The molecule has 1 aliphatic heterocycles. The molecule has 6 heteroatoms. The first-order chi connectivity index (χ1) is 14.9. The van der Waals surface area contributed by atoms with Crippen LogP contribution in [0, 0.1) is 18.7 Å². The van der Waals surface area contributed by atoms with Crippen LogP contribution in [-0.4, -0.2) is 28.7 Å². The van der Waals surface area contributed by atoms with E-state index < -0.39 is 17.8 Å². The highest BCUT2D eigenvalue weighted by Crippen LogP contribution is 2.31. The van der Waals surface area contributed by atoms with Gasteiger partial charge in [-0.25, -0.2) is 9.29 Å². The Morgan fingerprint density at radius 2 is 1.65 bits per heavy atom. The van der Waals surface area contributed by atoms with Gasteiger partial charge >= 0.3 is 0 Å². The molecule has 1 aliphatic carbocycles. The molecule has 1 heterocycles. The van der Waals surface area contributed by atoms with Crippen LogP contribution in [0.3, 0.4) is 0 Å². The van der Waals surface area contributed by atoms with E-state index in [9.17, 15) is 18.8 Å². The fraction of sp³-hybridized carbons (Fsp3) is 0.400. The summed E-state index contributed by atoms with van der Waals surface area (Å²) in [7, 11) is 0. The van der Waals surface area contributed by atoms with Crippen molar-refractivity contribution in [2.45, 2.75) is 58.0 Å². The van der Waals surface area contributed by atoms with Crippen molar-refractivity contribution in [2.75, 3.05) is 4.90 Å². The van der Waals surface area contributed by atoms with Gasteiger partial charge in [-0.3, -0.25) is 14.4 Å². The van der Waals surface area contributed by atoms with Crippen LogP contribution >= 0.6 is 0 Å². The summed E-state index contributed by atoms with van der Waals surface area (Å²) in [6.45, 7) is 2.28. The molecule has 2 fully saturated rings.